The molecule has 0 radical (unpaired) electrons. The summed E-state index contributed by atoms with van der Waals surface area (Å²) in [4.78, 5) is 10.6. The van der Waals surface area contributed by atoms with Gasteiger partial charge in [0.25, 0.3) is 0 Å². The Balaban J connectivity index is 2.18. The van der Waals surface area contributed by atoms with Gasteiger partial charge in [-0.2, -0.15) is 0 Å². The molecule has 1 aliphatic rings. The first-order valence-electron chi connectivity index (χ1n) is 4.69. The second kappa shape index (κ2) is 4.45. The molecule has 0 aromatic rings. The zero-order valence-corrected chi connectivity index (χ0v) is 7.89. The van der Waals surface area contributed by atoms with Crippen molar-refractivity contribution in [2.45, 2.75) is 45.2 Å². The Kier molecular flexibility index (Phi) is 3.53. The fraction of sp³-hybridized carbons (Fsp3) is 0.889. The molecule has 2 atom stereocenters. The van der Waals surface area contributed by atoms with Crippen LogP contribution in [-0.4, -0.2) is 24.5 Å². The molecule has 0 spiro atoms. The largest absolute Gasteiger partial charge is 0.355 e. The van der Waals surface area contributed by atoms with Crippen molar-refractivity contribution in [2.75, 3.05) is 6.54 Å². The summed E-state index contributed by atoms with van der Waals surface area (Å²) in [5.41, 5.74) is 0. The molecule has 2 N–H and O–H groups in total. The number of piperidine rings is 1. The predicted molar refractivity (Wildman–Crippen MR) is 48.9 cm³/mol. The van der Waals surface area contributed by atoms with Gasteiger partial charge in [-0.15, -0.1) is 0 Å². The van der Waals surface area contributed by atoms with Crippen LogP contribution < -0.4 is 10.6 Å². The van der Waals surface area contributed by atoms with Crippen LogP contribution in [0.1, 0.15) is 33.1 Å². The van der Waals surface area contributed by atoms with Gasteiger partial charge in [0, 0.05) is 25.6 Å². The minimum Gasteiger partial charge on any atom is -0.355 e. The number of carbonyl (C=O) groups excluding carboxylic acids is 1. The van der Waals surface area contributed by atoms with Crippen molar-refractivity contribution in [2.24, 2.45) is 0 Å². The molecule has 12 heavy (non-hydrogen) atoms. The Morgan fingerprint density at radius 1 is 1.58 bits per heavy atom. The molecule has 1 fully saturated rings. The third kappa shape index (κ3) is 3.22. The molecule has 1 saturated heterocycles. The van der Waals surface area contributed by atoms with Gasteiger partial charge in [-0.1, -0.05) is 6.42 Å². The van der Waals surface area contributed by atoms with Crippen LogP contribution in [0.4, 0.5) is 0 Å². The predicted octanol–water partition coefficient (Wildman–Crippen LogP) is 0.653. The van der Waals surface area contributed by atoms with E-state index in [2.05, 4.69) is 17.6 Å². The molecule has 70 valence electrons. The average Bonchev–Trinajstić information content (AvgIpc) is 2.01. The lowest BCUT2D eigenvalue weighted by molar-refractivity contribution is -0.119. The maximum atomic E-state index is 10.6. The molecule has 2 unspecified atom stereocenters. The summed E-state index contributed by atoms with van der Waals surface area (Å²) in [5, 5.41) is 6.29. The van der Waals surface area contributed by atoms with Crippen molar-refractivity contribution in [3.63, 3.8) is 0 Å². The van der Waals surface area contributed by atoms with Crippen LogP contribution in [0.25, 0.3) is 0 Å². The van der Waals surface area contributed by atoms with Crippen molar-refractivity contribution in [1.82, 2.24) is 10.6 Å². The van der Waals surface area contributed by atoms with Crippen LogP contribution in [0.5, 0.6) is 0 Å². The first-order chi connectivity index (χ1) is 5.68. The highest BCUT2D eigenvalue weighted by Crippen LogP contribution is 2.11. The second-order valence-corrected chi connectivity index (χ2v) is 3.63. The normalized spacial score (nSPS) is 29.8. The van der Waals surface area contributed by atoms with Gasteiger partial charge in [0.2, 0.25) is 5.91 Å². The SMILES string of the molecule is CC(=O)NCC1CCCC(C)N1. The Hall–Kier alpha value is -0.570. The maximum absolute atomic E-state index is 10.6. The van der Waals surface area contributed by atoms with Gasteiger partial charge in [0.1, 0.15) is 0 Å². The van der Waals surface area contributed by atoms with Crippen molar-refractivity contribution >= 4 is 5.91 Å². The topological polar surface area (TPSA) is 41.1 Å². The van der Waals surface area contributed by atoms with E-state index in [-0.39, 0.29) is 5.91 Å². The van der Waals surface area contributed by atoms with Gasteiger partial charge in [-0.3, -0.25) is 4.79 Å². The maximum Gasteiger partial charge on any atom is 0.216 e. The average molecular weight is 170 g/mol. The van der Waals surface area contributed by atoms with Crippen molar-refractivity contribution < 1.29 is 4.79 Å². The van der Waals surface area contributed by atoms with E-state index in [1.54, 1.807) is 6.92 Å². The number of rotatable bonds is 2. The van der Waals surface area contributed by atoms with Gasteiger partial charge in [-0.25, -0.2) is 0 Å². The second-order valence-electron chi connectivity index (χ2n) is 3.63. The van der Waals surface area contributed by atoms with Gasteiger partial charge in [0.05, 0.1) is 0 Å². The molecule has 3 heteroatoms. The molecule has 0 aromatic heterocycles. The van der Waals surface area contributed by atoms with Crippen LogP contribution >= 0.6 is 0 Å². The van der Waals surface area contributed by atoms with Crippen molar-refractivity contribution in [3.8, 4) is 0 Å². The third-order valence-corrected chi connectivity index (χ3v) is 2.31. The fourth-order valence-electron chi connectivity index (χ4n) is 1.67. The molecular formula is C9H18N2O. The smallest absolute Gasteiger partial charge is 0.216 e. The third-order valence-electron chi connectivity index (χ3n) is 2.31. The molecule has 1 heterocycles. The molecule has 0 aromatic carbocycles. The number of carbonyl (C=O) groups is 1. The lowest BCUT2D eigenvalue weighted by atomic mass is 10.00. The molecule has 0 bridgehead atoms. The molecule has 1 rings (SSSR count). The quantitative estimate of drug-likeness (QED) is 0.639. The first-order valence-corrected chi connectivity index (χ1v) is 4.69. The summed E-state index contributed by atoms with van der Waals surface area (Å²) >= 11 is 0. The van der Waals surface area contributed by atoms with Crippen LogP contribution in [0.15, 0.2) is 0 Å². The summed E-state index contributed by atoms with van der Waals surface area (Å²) in [6.45, 7) is 4.53. The summed E-state index contributed by atoms with van der Waals surface area (Å²) in [5.74, 6) is 0.0648. The summed E-state index contributed by atoms with van der Waals surface area (Å²) in [6.07, 6.45) is 3.72. The van der Waals surface area contributed by atoms with Crippen LogP contribution in [-0.2, 0) is 4.79 Å². The molecule has 1 amide bonds. The minimum absolute atomic E-state index is 0.0648. The van der Waals surface area contributed by atoms with E-state index in [0.29, 0.717) is 12.1 Å². The lowest BCUT2D eigenvalue weighted by Crippen LogP contribution is -2.46. The van der Waals surface area contributed by atoms with Gasteiger partial charge < -0.3 is 10.6 Å². The van der Waals surface area contributed by atoms with Crippen molar-refractivity contribution in [1.29, 1.82) is 0 Å². The zero-order valence-electron chi connectivity index (χ0n) is 7.89. The first kappa shape index (κ1) is 9.52. The highest BCUT2D eigenvalue weighted by Gasteiger charge is 2.17. The number of amides is 1. The lowest BCUT2D eigenvalue weighted by Gasteiger charge is -2.28. The molecule has 0 saturated carbocycles. The number of hydrogen-bond acceptors (Lipinski definition) is 2. The van der Waals surface area contributed by atoms with E-state index in [0.717, 1.165) is 6.54 Å². The van der Waals surface area contributed by atoms with Crippen molar-refractivity contribution in [3.05, 3.63) is 0 Å². The summed E-state index contributed by atoms with van der Waals surface area (Å²) in [6, 6.07) is 1.09. The Morgan fingerprint density at radius 2 is 2.33 bits per heavy atom. The molecule has 3 nitrogen and oxygen atoms in total. The van der Waals surface area contributed by atoms with Crippen LogP contribution in [0.2, 0.25) is 0 Å². The monoisotopic (exact) mass is 170 g/mol. The van der Waals surface area contributed by atoms with Gasteiger partial charge in [-0.05, 0) is 19.8 Å². The zero-order chi connectivity index (χ0) is 8.97. The summed E-state index contributed by atoms with van der Waals surface area (Å²) < 4.78 is 0. The Labute approximate surface area is 73.9 Å². The molecule has 1 aliphatic heterocycles. The highest BCUT2D eigenvalue weighted by molar-refractivity contribution is 5.72. The van der Waals surface area contributed by atoms with E-state index >= 15 is 0 Å². The minimum atomic E-state index is 0.0648. The van der Waals surface area contributed by atoms with E-state index in [4.69, 9.17) is 0 Å². The van der Waals surface area contributed by atoms with Gasteiger partial charge in [0.15, 0.2) is 0 Å². The van der Waals surface area contributed by atoms with Crippen LogP contribution in [0, 0.1) is 0 Å². The Morgan fingerprint density at radius 3 is 2.92 bits per heavy atom. The summed E-state index contributed by atoms with van der Waals surface area (Å²) in [7, 11) is 0. The number of nitrogens with one attached hydrogen (secondary N) is 2. The van der Waals surface area contributed by atoms with E-state index in [9.17, 15) is 4.79 Å². The van der Waals surface area contributed by atoms with E-state index in [1.165, 1.54) is 19.3 Å². The number of hydrogen-bond donors (Lipinski definition) is 2. The highest BCUT2D eigenvalue weighted by atomic mass is 16.1. The van der Waals surface area contributed by atoms with E-state index < -0.39 is 0 Å². The molecule has 0 aliphatic carbocycles. The standard InChI is InChI=1S/C9H18N2O/c1-7-4-3-5-9(11-7)6-10-8(2)12/h7,9,11H,3-6H2,1-2H3,(H,10,12). The Bertz CT molecular complexity index is 159. The van der Waals surface area contributed by atoms with Crippen LogP contribution in [0.3, 0.4) is 0 Å². The molecular weight excluding hydrogens is 152 g/mol. The van der Waals surface area contributed by atoms with E-state index in [1.807, 2.05) is 0 Å². The van der Waals surface area contributed by atoms with Gasteiger partial charge >= 0.3 is 0 Å². The fourth-order valence-corrected chi connectivity index (χ4v) is 1.67.